The Hall–Kier alpha value is -2.85. The Morgan fingerprint density at radius 1 is 1.16 bits per heavy atom. The van der Waals surface area contributed by atoms with Crippen LogP contribution in [0, 0.1) is 12.8 Å². The van der Waals surface area contributed by atoms with E-state index in [0.29, 0.717) is 39.8 Å². The quantitative estimate of drug-likeness (QED) is 0.399. The zero-order valence-electron chi connectivity index (χ0n) is 17.9. The summed E-state index contributed by atoms with van der Waals surface area (Å²) < 4.78 is 38.5. The second kappa shape index (κ2) is 10.2. The zero-order chi connectivity index (χ0) is 23.3. The summed E-state index contributed by atoms with van der Waals surface area (Å²) in [4.78, 5) is 12.6. The third kappa shape index (κ3) is 6.33. The number of carbonyl (C=O) groups excluding carboxylic acids is 1. The van der Waals surface area contributed by atoms with Gasteiger partial charge in [0, 0.05) is 17.3 Å². The van der Waals surface area contributed by atoms with Crippen molar-refractivity contribution in [2.75, 3.05) is 16.6 Å². The first kappa shape index (κ1) is 23.8. The molecule has 2 aromatic carbocycles. The molecule has 0 unspecified atom stereocenters. The first-order valence-corrected chi connectivity index (χ1v) is 12.2. The molecule has 0 saturated carbocycles. The van der Waals surface area contributed by atoms with Crippen molar-refractivity contribution in [2.45, 2.75) is 32.1 Å². The molecule has 0 fully saturated rings. The van der Waals surface area contributed by atoms with E-state index in [9.17, 15) is 13.2 Å². The van der Waals surface area contributed by atoms with E-state index in [-0.39, 0.29) is 16.6 Å². The molecule has 170 valence electrons. The number of ether oxygens (including phenoxy) is 1. The van der Waals surface area contributed by atoms with E-state index in [2.05, 4.69) is 45.0 Å². The largest absolute Gasteiger partial charge is 0.492 e. The van der Waals surface area contributed by atoms with Gasteiger partial charge in [0.1, 0.15) is 11.5 Å². The number of rotatable bonds is 9. The van der Waals surface area contributed by atoms with Crippen LogP contribution in [0.2, 0.25) is 0 Å². The van der Waals surface area contributed by atoms with E-state index in [1.54, 1.807) is 25.1 Å². The summed E-state index contributed by atoms with van der Waals surface area (Å²) in [5.41, 5.74) is 0.896. The number of aryl methyl sites for hydroxylation is 1. The van der Waals surface area contributed by atoms with Crippen LogP contribution in [0.4, 0.5) is 11.5 Å². The van der Waals surface area contributed by atoms with Crippen molar-refractivity contribution in [3.8, 4) is 5.75 Å². The number of nitrogens with one attached hydrogen (secondary N) is 2. The third-order valence-electron chi connectivity index (χ3n) is 4.44. The Bertz CT molecular complexity index is 1190. The Morgan fingerprint density at radius 3 is 2.47 bits per heavy atom. The molecule has 0 aliphatic rings. The van der Waals surface area contributed by atoms with Gasteiger partial charge >= 0.3 is 0 Å². The molecule has 32 heavy (non-hydrogen) atoms. The van der Waals surface area contributed by atoms with Crippen LogP contribution < -0.4 is 14.8 Å². The summed E-state index contributed by atoms with van der Waals surface area (Å²) >= 11 is 3.44. The summed E-state index contributed by atoms with van der Waals surface area (Å²) in [7, 11) is -3.83. The highest BCUT2D eigenvalue weighted by atomic mass is 79.9. The highest BCUT2D eigenvalue weighted by molar-refractivity contribution is 9.10. The van der Waals surface area contributed by atoms with Crippen molar-refractivity contribution < 1.29 is 22.5 Å². The van der Waals surface area contributed by atoms with Crippen LogP contribution in [-0.4, -0.2) is 26.1 Å². The highest BCUT2D eigenvalue weighted by Crippen LogP contribution is 2.27. The molecule has 1 amide bonds. The number of hydrogen-bond donors (Lipinski definition) is 2. The minimum absolute atomic E-state index is 0.0294. The molecule has 2 N–H and O–H groups in total. The summed E-state index contributed by atoms with van der Waals surface area (Å²) in [6.45, 7) is 6.51. The van der Waals surface area contributed by atoms with Gasteiger partial charge in [-0.15, -0.1) is 0 Å². The molecule has 1 heterocycles. The average molecular weight is 522 g/mol. The fourth-order valence-corrected chi connectivity index (χ4v) is 4.17. The van der Waals surface area contributed by atoms with Gasteiger partial charge in [-0.2, -0.15) is 0 Å². The van der Waals surface area contributed by atoms with Gasteiger partial charge in [-0.1, -0.05) is 19.0 Å². The van der Waals surface area contributed by atoms with Gasteiger partial charge in [-0.3, -0.25) is 9.52 Å². The van der Waals surface area contributed by atoms with Gasteiger partial charge in [-0.25, -0.2) is 8.42 Å². The van der Waals surface area contributed by atoms with E-state index in [1.807, 2.05) is 0 Å². The Morgan fingerprint density at radius 2 is 1.88 bits per heavy atom. The number of carbonyl (C=O) groups is 1. The van der Waals surface area contributed by atoms with E-state index in [0.717, 1.165) is 6.42 Å². The van der Waals surface area contributed by atoms with Crippen molar-refractivity contribution >= 4 is 43.4 Å². The molecular weight excluding hydrogens is 498 g/mol. The Labute approximate surface area is 195 Å². The van der Waals surface area contributed by atoms with Gasteiger partial charge in [0.15, 0.2) is 5.82 Å². The molecule has 0 aliphatic heterocycles. The summed E-state index contributed by atoms with van der Waals surface area (Å²) in [5, 5.41) is 6.37. The molecule has 0 aliphatic carbocycles. The van der Waals surface area contributed by atoms with E-state index in [4.69, 9.17) is 9.26 Å². The zero-order valence-corrected chi connectivity index (χ0v) is 20.3. The lowest BCUT2D eigenvalue weighted by Gasteiger charge is -2.11. The van der Waals surface area contributed by atoms with Gasteiger partial charge < -0.3 is 14.6 Å². The number of nitrogens with zero attached hydrogens (tertiary/aromatic N) is 1. The molecule has 3 rings (SSSR count). The number of halogens is 1. The number of hydrogen-bond acceptors (Lipinski definition) is 6. The molecule has 0 atom stereocenters. The summed E-state index contributed by atoms with van der Waals surface area (Å²) in [6.07, 6.45) is 0.939. The SMILES string of the molecule is Cc1cc(NS(=O)(=O)c2ccc(NC(=O)c3ccc(OCCC(C)C)c(Br)c3)cc2)no1. The molecule has 0 saturated heterocycles. The van der Waals surface area contributed by atoms with Gasteiger partial charge in [0.05, 0.1) is 16.0 Å². The van der Waals surface area contributed by atoms with Crippen molar-refractivity contribution in [1.29, 1.82) is 0 Å². The minimum atomic E-state index is -3.83. The standard InChI is InChI=1S/C22H24BrN3O5S/c1-14(2)10-11-30-20-9-4-16(13-19(20)23)22(27)24-17-5-7-18(8-6-17)32(28,29)26-21-12-15(3)31-25-21/h4-9,12-14H,10-11H2,1-3H3,(H,24,27)(H,25,26). The summed E-state index contributed by atoms with van der Waals surface area (Å²) in [5.74, 6) is 1.48. The molecular formula is C22H24BrN3O5S. The number of anilines is 2. The van der Waals surface area contributed by atoms with Crippen LogP contribution in [0.3, 0.4) is 0 Å². The third-order valence-corrected chi connectivity index (χ3v) is 6.43. The molecule has 0 spiro atoms. The molecule has 8 nitrogen and oxygen atoms in total. The van der Waals surface area contributed by atoms with Crippen molar-refractivity contribution in [1.82, 2.24) is 5.16 Å². The number of benzene rings is 2. The molecule has 0 radical (unpaired) electrons. The topological polar surface area (TPSA) is 111 Å². The van der Waals surface area contributed by atoms with Crippen LogP contribution in [0.1, 0.15) is 36.4 Å². The minimum Gasteiger partial charge on any atom is -0.492 e. The van der Waals surface area contributed by atoms with Crippen LogP contribution in [0.5, 0.6) is 5.75 Å². The van der Waals surface area contributed by atoms with Gasteiger partial charge in [-0.05, 0) is 77.7 Å². The maximum atomic E-state index is 12.6. The second-order valence-electron chi connectivity index (χ2n) is 7.58. The van der Waals surface area contributed by atoms with E-state index in [1.165, 1.54) is 30.3 Å². The van der Waals surface area contributed by atoms with Crippen LogP contribution in [0.15, 0.2) is 62.4 Å². The normalized spacial score (nSPS) is 11.4. The smallest absolute Gasteiger partial charge is 0.263 e. The lowest BCUT2D eigenvalue weighted by Crippen LogP contribution is -2.14. The van der Waals surface area contributed by atoms with Crippen LogP contribution in [-0.2, 0) is 10.0 Å². The maximum absolute atomic E-state index is 12.6. The monoisotopic (exact) mass is 521 g/mol. The van der Waals surface area contributed by atoms with Gasteiger partial charge in [0.25, 0.3) is 15.9 Å². The molecule has 1 aromatic heterocycles. The number of amides is 1. The lowest BCUT2D eigenvalue weighted by atomic mass is 10.1. The van der Waals surface area contributed by atoms with E-state index >= 15 is 0 Å². The van der Waals surface area contributed by atoms with Crippen molar-refractivity contribution in [3.63, 3.8) is 0 Å². The van der Waals surface area contributed by atoms with E-state index < -0.39 is 10.0 Å². The average Bonchev–Trinajstić information content (AvgIpc) is 3.13. The molecule has 0 bridgehead atoms. The molecule has 10 heteroatoms. The predicted molar refractivity (Wildman–Crippen MR) is 126 cm³/mol. The predicted octanol–water partition coefficient (Wildman–Crippen LogP) is 5.22. The van der Waals surface area contributed by atoms with Crippen molar-refractivity contribution in [3.05, 3.63) is 64.3 Å². The second-order valence-corrected chi connectivity index (χ2v) is 10.1. The lowest BCUT2D eigenvalue weighted by molar-refractivity contribution is 0.102. The fourth-order valence-electron chi connectivity index (χ4n) is 2.70. The van der Waals surface area contributed by atoms with Gasteiger partial charge in [0.2, 0.25) is 0 Å². The first-order valence-electron chi connectivity index (χ1n) is 9.94. The molecule has 3 aromatic rings. The van der Waals surface area contributed by atoms with Crippen molar-refractivity contribution in [2.24, 2.45) is 5.92 Å². The first-order chi connectivity index (χ1) is 15.1. The Kier molecular flexibility index (Phi) is 7.57. The number of sulfonamides is 1. The maximum Gasteiger partial charge on any atom is 0.263 e. The van der Waals surface area contributed by atoms with Crippen LogP contribution in [0.25, 0.3) is 0 Å². The fraction of sp³-hybridized carbons (Fsp3) is 0.273. The Balaban J connectivity index is 1.63. The summed E-state index contributed by atoms with van der Waals surface area (Å²) in [6, 6.07) is 12.4. The van der Waals surface area contributed by atoms with Crippen LogP contribution >= 0.6 is 15.9 Å². The highest BCUT2D eigenvalue weighted by Gasteiger charge is 2.17. The number of aromatic nitrogens is 1.